The van der Waals surface area contributed by atoms with E-state index in [1.807, 2.05) is 5.38 Å². The summed E-state index contributed by atoms with van der Waals surface area (Å²) in [6, 6.07) is 1.76. The molecular weight excluding hydrogens is 172 g/mol. The van der Waals surface area contributed by atoms with Crippen molar-refractivity contribution >= 4 is 17.1 Å². The molecule has 0 radical (unpaired) electrons. The largest absolute Gasteiger partial charge is 0.380 e. The van der Waals surface area contributed by atoms with Gasteiger partial charge in [-0.25, -0.2) is 0 Å². The number of Topliss-reactive ketones (excluding diaryl/α,β-unsaturated/α-hetero) is 1. The van der Waals surface area contributed by atoms with E-state index in [4.69, 9.17) is 11.2 Å². The van der Waals surface area contributed by atoms with Gasteiger partial charge < -0.3 is 4.74 Å². The Kier molecular flexibility index (Phi) is 3.03. The molecule has 1 heterocycles. The molecule has 3 heteroatoms. The molecule has 0 bridgehead atoms. The van der Waals surface area contributed by atoms with Crippen molar-refractivity contribution in [2.24, 2.45) is 0 Å². The minimum atomic E-state index is -0.262. The number of ketones is 1. The van der Waals surface area contributed by atoms with Gasteiger partial charge in [0, 0.05) is 7.11 Å². The average molecular weight is 180 g/mol. The van der Waals surface area contributed by atoms with Gasteiger partial charge in [-0.3, -0.25) is 4.79 Å². The van der Waals surface area contributed by atoms with Crippen LogP contribution in [0.3, 0.4) is 0 Å². The molecule has 0 atom stereocenters. The fraction of sp³-hybridized carbons (Fsp3) is 0.222. The van der Waals surface area contributed by atoms with E-state index in [0.29, 0.717) is 11.5 Å². The molecule has 0 aromatic carbocycles. The maximum atomic E-state index is 11.0. The Morgan fingerprint density at radius 1 is 1.83 bits per heavy atom. The number of rotatable bonds is 3. The van der Waals surface area contributed by atoms with Gasteiger partial charge in [0.1, 0.15) is 0 Å². The Morgan fingerprint density at radius 2 is 2.58 bits per heavy atom. The van der Waals surface area contributed by atoms with Crippen LogP contribution < -0.4 is 0 Å². The van der Waals surface area contributed by atoms with Crippen molar-refractivity contribution in [3.05, 3.63) is 21.9 Å². The van der Waals surface area contributed by atoms with Crippen LogP contribution in [0.15, 0.2) is 11.4 Å². The van der Waals surface area contributed by atoms with E-state index in [0.717, 1.165) is 5.56 Å². The molecule has 0 saturated heterocycles. The molecule has 2 nitrogen and oxygen atoms in total. The molecule has 1 aromatic heterocycles. The summed E-state index contributed by atoms with van der Waals surface area (Å²) in [5.41, 5.74) is 0.987. The second kappa shape index (κ2) is 4.05. The molecule has 1 rings (SSSR count). The minimum Gasteiger partial charge on any atom is -0.380 e. The third kappa shape index (κ3) is 1.94. The van der Waals surface area contributed by atoms with Crippen LogP contribution in [0.1, 0.15) is 15.2 Å². The van der Waals surface area contributed by atoms with Gasteiger partial charge in [-0.2, -0.15) is 0 Å². The van der Waals surface area contributed by atoms with Crippen LogP contribution in [0.4, 0.5) is 0 Å². The van der Waals surface area contributed by atoms with Gasteiger partial charge in [0.05, 0.1) is 11.5 Å². The van der Waals surface area contributed by atoms with Crippen LogP contribution >= 0.6 is 11.3 Å². The summed E-state index contributed by atoms with van der Waals surface area (Å²) in [5, 5.41) is 1.87. The van der Waals surface area contributed by atoms with Crippen molar-refractivity contribution in [1.29, 1.82) is 0 Å². The molecule has 0 aliphatic heterocycles. The van der Waals surface area contributed by atoms with Crippen molar-refractivity contribution < 1.29 is 9.53 Å². The average Bonchev–Trinajstić information content (AvgIpc) is 2.52. The summed E-state index contributed by atoms with van der Waals surface area (Å²) in [6.07, 6.45) is 4.96. The smallest absolute Gasteiger partial charge is 0.245 e. The van der Waals surface area contributed by atoms with E-state index in [1.54, 1.807) is 13.2 Å². The fourth-order valence-electron chi connectivity index (χ4n) is 0.808. The quantitative estimate of drug-likeness (QED) is 0.402. The lowest BCUT2D eigenvalue weighted by Gasteiger charge is -1.90. The standard InChI is InChI=1S/C9H8O2S/c1-3-8(10)9-4-7(5-11-2)6-12-9/h1,4,6H,5H2,2H3. The zero-order valence-corrected chi connectivity index (χ0v) is 7.48. The van der Waals surface area contributed by atoms with E-state index >= 15 is 0 Å². The first kappa shape index (κ1) is 8.98. The van der Waals surface area contributed by atoms with E-state index in [9.17, 15) is 4.79 Å². The lowest BCUT2D eigenvalue weighted by molar-refractivity contribution is 0.106. The van der Waals surface area contributed by atoms with Crippen LogP contribution in [0.5, 0.6) is 0 Å². The number of carbonyl (C=O) groups is 1. The summed E-state index contributed by atoms with van der Waals surface area (Å²) in [6.45, 7) is 0.522. The molecule has 0 saturated carbocycles. The first-order valence-corrected chi connectivity index (χ1v) is 4.23. The number of methoxy groups -OCH3 is 1. The Labute approximate surface area is 75.2 Å². The van der Waals surface area contributed by atoms with E-state index < -0.39 is 0 Å². The highest BCUT2D eigenvalue weighted by atomic mass is 32.1. The molecular formula is C9H8O2S. The Morgan fingerprint density at radius 3 is 3.17 bits per heavy atom. The number of hydrogen-bond acceptors (Lipinski definition) is 3. The highest BCUT2D eigenvalue weighted by Gasteiger charge is 2.05. The second-order valence-corrected chi connectivity index (χ2v) is 3.14. The molecule has 0 aliphatic carbocycles. The molecule has 0 N–H and O–H groups in total. The minimum absolute atomic E-state index is 0.262. The summed E-state index contributed by atoms with van der Waals surface area (Å²) >= 11 is 1.35. The van der Waals surface area contributed by atoms with Gasteiger partial charge in [-0.1, -0.05) is 0 Å². The topological polar surface area (TPSA) is 26.3 Å². The fourth-order valence-corrected chi connectivity index (χ4v) is 1.61. The van der Waals surface area contributed by atoms with E-state index in [2.05, 4.69) is 5.92 Å². The summed E-state index contributed by atoms with van der Waals surface area (Å²) in [4.78, 5) is 11.6. The van der Waals surface area contributed by atoms with Crippen molar-refractivity contribution in [1.82, 2.24) is 0 Å². The van der Waals surface area contributed by atoms with Crippen molar-refractivity contribution in [3.63, 3.8) is 0 Å². The second-order valence-electron chi connectivity index (χ2n) is 2.23. The Bertz CT molecular complexity index is 320. The normalized spacial score (nSPS) is 9.33. The lowest BCUT2D eigenvalue weighted by Crippen LogP contribution is -1.89. The summed E-state index contributed by atoms with van der Waals surface area (Å²) < 4.78 is 4.90. The zero-order valence-electron chi connectivity index (χ0n) is 6.66. The Hall–Kier alpha value is -1.11. The van der Waals surface area contributed by atoms with Crippen LogP contribution in [0.2, 0.25) is 0 Å². The number of hydrogen-bond donors (Lipinski definition) is 0. The third-order valence-electron chi connectivity index (χ3n) is 1.32. The zero-order chi connectivity index (χ0) is 8.97. The van der Waals surface area contributed by atoms with Crippen molar-refractivity contribution in [3.8, 4) is 12.3 Å². The van der Waals surface area contributed by atoms with Gasteiger partial charge in [0.2, 0.25) is 5.78 Å². The molecule has 0 unspecified atom stereocenters. The molecule has 1 aromatic rings. The monoisotopic (exact) mass is 180 g/mol. The predicted octanol–water partition coefficient (Wildman–Crippen LogP) is 1.71. The molecule has 0 amide bonds. The van der Waals surface area contributed by atoms with Crippen LogP contribution in [0, 0.1) is 12.3 Å². The predicted molar refractivity (Wildman–Crippen MR) is 48.2 cm³/mol. The maximum absolute atomic E-state index is 11.0. The molecule has 0 fully saturated rings. The van der Waals surface area contributed by atoms with Gasteiger partial charge in [-0.15, -0.1) is 17.8 Å². The molecule has 0 aliphatic rings. The SMILES string of the molecule is C#CC(=O)c1cc(COC)cs1. The van der Waals surface area contributed by atoms with Crippen LogP contribution in [-0.4, -0.2) is 12.9 Å². The van der Waals surface area contributed by atoms with Gasteiger partial charge in [-0.05, 0) is 22.9 Å². The molecule has 0 spiro atoms. The van der Waals surface area contributed by atoms with E-state index in [1.165, 1.54) is 11.3 Å². The molecule has 62 valence electrons. The summed E-state index contributed by atoms with van der Waals surface area (Å²) in [7, 11) is 1.61. The van der Waals surface area contributed by atoms with Crippen molar-refractivity contribution in [2.75, 3.05) is 7.11 Å². The summed E-state index contributed by atoms with van der Waals surface area (Å²) in [5.74, 6) is 1.81. The van der Waals surface area contributed by atoms with Crippen LogP contribution in [-0.2, 0) is 11.3 Å². The highest BCUT2D eigenvalue weighted by molar-refractivity contribution is 7.12. The lowest BCUT2D eigenvalue weighted by atomic mass is 10.3. The van der Waals surface area contributed by atoms with Gasteiger partial charge in [0.15, 0.2) is 0 Å². The van der Waals surface area contributed by atoms with Crippen molar-refractivity contribution in [2.45, 2.75) is 6.61 Å². The van der Waals surface area contributed by atoms with Gasteiger partial charge in [0.25, 0.3) is 0 Å². The third-order valence-corrected chi connectivity index (χ3v) is 2.30. The number of terminal acetylenes is 1. The first-order chi connectivity index (χ1) is 5.77. The van der Waals surface area contributed by atoms with Gasteiger partial charge >= 0.3 is 0 Å². The number of thiophene rings is 1. The van der Waals surface area contributed by atoms with Crippen LogP contribution in [0.25, 0.3) is 0 Å². The maximum Gasteiger partial charge on any atom is 0.245 e. The first-order valence-electron chi connectivity index (χ1n) is 3.35. The van der Waals surface area contributed by atoms with E-state index in [-0.39, 0.29) is 5.78 Å². The molecule has 12 heavy (non-hydrogen) atoms. The Balaban J connectivity index is 2.78. The number of carbonyl (C=O) groups excluding carboxylic acids is 1. The highest BCUT2D eigenvalue weighted by Crippen LogP contribution is 2.15. The number of ether oxygens (including phenoxy) is 1.